The van der Waals surface area contributed by atoms with E-state index in [0.717, 1.165) is 12.1 Å². The molecule has 0 saturated carbocycles. The van der Waals surface area contributed by atoms with Crippen LogP contribution in [0.15, 0.2) is 30.3 Å². The van der Waals surface area contributed by atoms with Crippen molar-refractivity contribution in [2.75, 3.05) is 20.2 Å². The van der Waals surface area contributed by atoms with E-state index >= 15 is 0 Å². The lowest BCUT2D eigenvalue weighted by atomic mass is 10.0. The minimum atomic E-state index is -0.463. The lowest BCUT2D eigenvalue weighted by Gasteiger charge is -2.29. The highest BCUT2D eigenvalue weighted by Gasteiger charge is 2.19. The van der Waals surface area contributed by atoms with E-state index in [4.69, 9.17) is 4.74 Å². The van der Waals surface area contributed by atoms with Gasteiger partial charge in [-0.2, -0.15) is 0 Å². The molecule has 2 unspecified atom stereocenters. The Balaban J connectivity index is 2.45. The maximum atomic E-state index is 10.3. The summed E-state index contributed by atoms with van der Waals surface area (Å²) >= 11 is 0. The summed E-state index contributed by atoms with van der Waals surface area (Å²) in [5.41, 5.74) is 0.960. The molecule has 1 aromatic carbocycles. The summed E-state index contributed by atoms with van der Waals surface area (Å²) < 4.78 is 5.52. The fraction of sp³-hybridized carbons (Fsp3) is 0.600. The Hall–Kier alpha value is -0.900. The van der Waals surface area contributed by atoms with Gasteiger partial charge in [-0.05, 0) is 33.4 Å². The molecule has 1 N–H and O–H groups in total. The third kappa shape index (κ3) is 4.77. The summed E-state index contributed by atoms with van der Waals surface area (Å²) in [6.07, 6.45) is -0.206. The fourth-order valence-electron chi connectivity index (χ4n) is 1.81. The minimum absolute atomic E-state index is 0.0724. The molecule has 0 amide bonds. The van der Waals surface area contributed by atoms with Crippen LogP contribution in [0.2, 0.25) is 0 Å². The Morgan fingerprint density at radius 3 is 2.33 bits per heavy atom. The number of benzene rings is 1. The van der Waals surface area contributed by atoms with Gasteiger partial charge in [-0.3, -0.25) is 4.90 Å². The molecule has 3 heteroatoms. The predicted molar refractivity (Wildman–Crippen MR) is 74.6 cm³/mol. The molecule has 0 radical (unpaired) electrons. The molecule has 0 bridgehead atoms. The zero-order chi connectivity index (χ0) is 13.5. The number of nitrogens with zero attached hydrogens (tertiary/aromatic N) is 1. The molecule has 0 heterocycles. The highest BCUT2D eigenvalue weighted by Crippen LogP contribution is 2.19. The van der Waals surface area contributed by atoms with E-state index in [-0.39, 0.29) is 12.1 Å². The largest absolute Gasteiger partial charge is 0.387 e. The molecule has 1 aromatic rings. The summed E-state index contributed by atoms with van der Waals surface area (Å²) in [6.45, 7) is 7.61. The summed E-state index contributed by atoms with van der Waals surface area (Å²) in [5.74, 6) is 0. The van der Waals surface area contributed by atoms with Gasteiger partial charge < -0.3 is 9.84 Å². The molecule has 0 fully saturated rings. The molecule has 0 aliphatic heterocycles. The van der Waals surface area contributed by atoms with Crippen LogP contribution < -0.4 is 0 Å². The standard InChI is InChI=1S/C15H25NO2/c1-12(2)18-11-10-16(4)13(3)15(17)14-8-6-5-7-9-14/h5-9,12-13,15,17H,10-11H2,1-4H3. The van der Waals surface area contributed by atoms with Gasteiger partial charge in [0.1, 0.15) is 0 Å². The second-order valence-electron chi connectivity index (χ2n) is 5.00. The number of ether oxygens (including phenoxy) is 1. The Morgan fingerprint density at radius 1 is 1.17 bits per heavy atom. The van der Waals surface area contributed by atoms with Crippen LogP contribution in [0, 0.1) is 0 Å². The van der Waals surface area contributed by atoms with Crippen LogP contribution in [-0.4, -0.2) is 42.4 Å². The van der Waals surface area contributed by atoms with Crippen LogP contribution in [0.4, 0.5) is 0 Å². The van der Waals surface area contributed by atoms with Gasteiger partial charge in [0.2, 0.25) is 0 Å². The van der Waals surface area contributed by atoms with E-state index in [0.29, 0.717) is 6.61 Å². The first-order valence-corrected chi connectivity index (χ1v) is 6.57. The van der Waals surface area contributed by atoms with Crippen LogP contribution >= 0.6 is 0 Å². The Labute approximate surface area is 110 Å². The second kappa shape index (κ2) is 7.52. The van der Waals surface area contributed by atoms with Gasteiger partial charge in [-0.1, -0.05) is 30.3 Å². The maximum Gasteiger partial charge on any atom is 0.0942 e. The van der Waals surface area contributed by atoms with Crippen molar-refractivity contribution in [3.63, 3.8) is 0 Å². The van der Waals surface area contributed by atoms with Crippen LogP contribution in [0.1, 0.15) is 32.4 Å². The van der Waals surface area contributed by atoms with Crippen molar-refractivity contribution in [2.45, 2.75) is 39.0 Å². The predicted octanol–water partition coefficient (Wildman–Crippen LogP) is 2.47. The average molecular weight is 251 g/mol. The zero-order valence-corrected chi connectivity index (χ0v) is 11.8. The highest BCUT2D eigenvalue weighted by molar-refractivity contribution is 5.18. The van der Waals surface area contributed by atoms with Gasteiger partial charge in [0.15, 0.2) is 0 Å². The van der Waals surface area contributed by atoms with E-state index in [9.17, 15) is 5.11 Å². The number of hydrogen-bond acceptors (Lipinski definition) is 3. The van der Waals surface area contributed by atoms with E-state index in [2.05, 4.69) is 4.90 Å². The molecule has 0 aliphatic rings. The highest BCUT2D eigenvalue weighted by atomic mass is 16.5. The fourth-order valence-corrected chi connectivity index (χ4v) is 1.81. The third-order valence-electron chi connectivity index (χ3n) is 3.19. The molecule has 0 saturated heterocycles. The van der Waals surface area contributed by atoms with Crippen molar-refractivity contribution in [3.05, 3.63) is 35.9 Å². The third-order valence-corrected chi connectivity index (χ3v) is 3.19. The van der Waals surface area contributed by atoms with Crippen molar-refractivity contribution in [3.8, 4) is 0 Å². The number of aliphatic hydroxyl groups excluding tert-OH is 1. The minimum Gasteiger partial charge on any atom is -0.387 e. The zero-order valence-electron chi connectivity index (χ0n) is 11.8. The van der Waals surface area contributed by atoms with E-state index < -0.39 is 6.10 Å². The first kappa shape index (κ1) is 15.2. The van der Waals surface area contributed by atoms with Gasteiger partial charge in [0, 0.05) is 12.6 Å². The number of hydrogen-bond donors (Lipinski definition) is 1. The van der Waals surface area contributed by atoms with E-state index in [1.807, 2.05) is 58.2 Å². The van der Waals surface area contributed by atoms with E-state index in [1.165, 1.54) is 0 Å². The number of rotatable bonds is 7. The molecular formula is C15H25NO2. The second-order valence-corrected chi connectivity index (χ2v) is 5.00. The Bertz CT molecular complexity index is 327. The number of aliphatic hydroxyl groups is 1. The molecule has 1 rings (SSSR count). The molecule has 3 nitrogen and oxygen atoms in total. The van der Waals surface area contributed by atoms with Crippen molar-refractivity contribution in [1.29, 1.82) is 0 Å². The van der Waals surface area contributed by atoms with Crippen molar-refractivity contribution in [2.24, 2.45) is 0 Å². The molecule has 0 spiro atoms. The number of likely N-dealkylation sites (N-methyl/N-ethyl adjacent to an activating group) is 1. The lowest BCUT2D eigenvalue weighted by Crippen LogP contribution is -2.37. The van der Waals surface area contributed by atoms with Gasteiger partial charge in [-0.15, -0.1) is 0 Å². The average Bonchev–Trinajstić information content (AvgIpc) is 2.37. The van der Waals surface area contributed by atoms with Crippen molar-refractivity contribution >= 4 is 0 Å². The first-order chi connectivity index (χ1) is 8.52. The van der Waals surface area contributed by atoms with Gasteiger partial charge in [0.25, 0.3) is 0 Å². The molecule has 0 aromatic heterocycles. The summed E-state index contributed by atoms with van der Waals surface area (Å²) in [6, 6.07) is 9.85. The SMILES string of the molecule is CC(C)OCCN(C)C(C)C(O)c1ccccc1. The topological polar surface area (TPSA) is 32.7 Å². The summed E-state index contributed by atoms with van der Waals surface area (Å²) in [7, 11) is 2.01. The van der Waals surface area contributed by atoms with Gasteiger partial charge in [0.05, 0.1) is 18.8 Å². The lowest BCUT2D eigenvalue weighted by molar-refractivity contribution is 0.0292. The summed E-state index contributed by atoms with van der Waals surface area (Å²) in [5, 5.41) is 10.3. The summed E-state index contributed by atoms with van der Waals surface area (Å²) in [4.78, 5) is 2.13. The Kier molecular flexibility index (Phi) is 6.33. The molecule has 18 heavy (non-hydrogen) atoms. The van der Waals surface area contributed by atoms with Crippen LogP contribution in [0.3, 0.4) is 0 Å². The molecule has 0 aliphatic carbocycles. The van der Waals surface area contributed by atoms with Crippen LogP contribution in [0.25, 0.3) is 0 Å². The van der Waals surface area contributed by atoms with Gasteiger partial charge in [-0.25, -0.2) is 0 Å². The van der Waals surface area contributed by atoms with Crippen molar-refractivity contribution < 1.29 is 9.84 Å². The maximum absolute atomic E-state index is 10.3. The van der Waals surface area contributed by atoms with Gasteiger partial charge >= 0.3 is 0 Å². The monoisotopic (exact) mass is 251 g/mol. The normalized spacial score (nSPS) is 15.1. The van der Waals surface area contributed by atoms with Crippen LogP contribution in [0.5, 0.6) is 0 Å². The molecule has 102 valence electrons. The van der Waals surface area contributed by atoms with Crippen LogP contribution in [-0.2, 0) is 4.74 Å². The van der Waals surface area contributed by atoms with Crippen molar-refractivity contribution in [1.82, 2.24) is 4.90 Å². The first-order valence-electron chi connectivity index (χ1n) is 6.57. The Morgan fingerprint density at radius 2 is 1.78 bits per heavy atom. The quantitative estimate of drug-likeness (QED) is 0.808. The molecule has 2 atom stereocenters. The smallest absolute Gasteiger partial charge is 0.0942 e. The molecular weight excluding hydrogens is 226 g/mol. The van der Waals surface area contributed by atoms with E-state index in [1.54, 1.807) is 0 Å².